The van der Waals surface area contributed by atoms with Crippen molar-refractivity contribution in [3.63, 3.8) is 0 Å². The number of hydrogen-bond acceptors (Lipinski definition) is 5. The SMILES string of the molecule is CNC(c1ccc(OC)nn1)C1CCCc2cccnc21. The molecule has 0 fully saturated rings. The van der Waals surface area contributed by atoms with Gasteiger partial charge in [0, 0.05) is 23.9 Å². The zero-order valence-electron chi connectivity index (χ0n) is 12.4. The third kappa shape index (κ3) is 2.74. The summed E-state index contributed by atoms with van der Waals surface area (Å²) in [4.78, 5) is 4.62. The zero-order chi connectivity index (χ0) is 14.7. The van der Waals surface area contributed by atoms with Crippen LogP contribution in [0.2, 0.25) is 0 Å². The number of aryl methyl sites for hydroxylation is 1. The van der Waals surface area contributed by atoms with E-state index in [9.17, 15) is 0 Å². The zero-order valence-corrected chi connectivity index (χ0v) is 12.4. The van der Waals surface area contributed by atoms with Gasteiger partial charge in [0.2, 0.25) is 5.88 Å². The molecule has 1 aliphatic rings. The molecule has 0 radical (unpaired) electrons. The fourth-order valence-electron chi connectivity index (χ4n) is 3.13. The number of aromatic nitrogens is 3. The van der Waals surface area contributed by atoms with Crippen molar-refractivity contribution in [2.45, 2.75) is 31.2 Å². The number of pyridine rings is 1. The lowest BCUT2D eigenvalue weighted by Gasteiger charge is -2.30. The lowest BCUT2D eigenvalue weighted by molar-refractivity contribution is 0.381. The highest BCUT2D eigenvalue weighted by atomic mass is 16.5. The largest absolute Gasteiger partial charge is 0.480 e. The molecule has 5 nitrogen and oxygen atoms in total. The van der Waals surface area contributed by atoms with E-state index in [4.69, 9.17) is 4.74 Å². The second-order valence-electron chi connectivity index (χ2n) is 5.31. The maximum Gasteiger partial charge on any atom is 0.233 e. The van der Waals surface area contributed by atoms with E-state index < -0.39 is 0 Å². The predicted molar refractivity (Wildman–Crippen MR) is 80.3 cm³/mol. The molecule has 1 aliphatic carbocycles. The third-order valence-electron chi connectivity index (χ3n) is 4.14. The van der Waals surface area contributed by atoms with Gasteiger partial charge in [0.1, 0.15) is 0 Å². The van der Waals surface area contributed by atoms with Gasteiger partial charge in [0.15, 0.2) is 0 Å². The second-order valence-corrected chi connectivity index (χ2v) is 5.31. The Kier molecular flexibility index (Phi) is 4.10. The van der Waals surface area contributed by atoms with Crippen LogP contribution in [-0.4, -0.2) is 29.3 Å². The van der Waals surface area contributed by atoms with E-state index in [0.717, 1.165) is 18.5 Å². The number of nitrogens with zero attached hydrogens (tertiary/aromatic N) is 3. The molecule has 0 amide bonds. The molecular weight excluding hydrogens is 264 g/mol. The van der Waals surface area contributed by atoms with Crippen LogP contribution in [0.1, 0.15) is 41.8 Å². The highest BCUT2D eigenvalue weighted by Gasteiger charge is 2.30. The molecule has 0 aromatic carbocycles. The summed E-state index contributed by atoms with van der Waals surface area (Å²) in [7, 11) is 3.56. The van der Waals surface area contributed by atoms with Gasteiger partial charge in [-0.1, -0.05) is 6.07 Å². The van der Waals surface area contributed by atoms with Gasteiger partial charge in [-0.15, -0.1) is 5.10 Å². The van der Waals surface area contributed by atoms with Gasteiger partial charge in [-0.05, 0) is 44.0 Å². The number of rotatable bonds is 4. The molecule has 0 saturated heterocycles. The van der Waals surface area contributed by atoms with Crippen molar-refractivity contribution >= 4 is 0 Å². The van der Waals surface area contributed by atoms with Crippen molar-refractivity contribution in [3.05, 3.63) is 47.4 Å². The summed E-state index contributed by atoms with van der Waals surface area (Å²) in [6.07, 6.45) is 5.29. The normalized spacial score (nSPS) is 18.9. The average molecular weight is 284 g/mol. The molecule has 2 atom stereocenters. The predicted octanol–water partition coefficient (Wildman–Crippen LogP) is 2.26. The van der Waals surface area contributed by atoms with Gasteiger partial charge in [-0.3, -0.25) is 4.98 Å². The number of hydrogen-bond donors (Lipinski definition) is 1. The average Bonchev–Trinajstić information content (AvgIpc) is 2.56. The molecule has 1 N–H and O–H groups in total. The molecule has 0 bridgehead atoms. The van der Waals surface area contributed by atoms with Crippen molar-refractivity contribution in [1.29, 1.82) is 0 Å². The summed E-state index contributed by atoms with van der Waals surface area (Å²) in [5.41, 5.74) is 3.48. The molecule has 2 aromatic rings. The second kappa shape index (κ2) is 6.18. The van der Waals surface area contributed by atoms with Crippen molar-refractivity contribution in [2.75, 3.05) is 14.2 Å². The quantitative estimate of drug-likeness (QED) is 0.933. The summed E-state index contributed by atoms with van der Waals surface area (Å²) in [5.74, 6) is 0.874. The minimum atomic E-state index is 0.123. The van der Waals surface area contributed by atoms with Gasteiger partial charge >= 0.3 is 0 Å². The van der Waals surface area contributed by atoms with Gasteiger partial charge in [-0.2, -0.15) is 5.10 Å². The summed E-state index contributed by atoms with van der Waals surface area (Å²) >= 11 is 0. The van der Waals surface area contributed by atoms with Crippen molar-refractivity contribution in [2.24, 2.45) is 0 Å². The smallest absolute Gasteiger partial charge is 0.233 e. The van der Waals surface area contributed by atoms with Crippen LogP contribution in [0.25, 0.3) is 0 Å². The van der Waals surface area contributed by atoms with E-state index in [1.54, 1.807) is 7.11 Å². The first-order valence-corrected chi connectivity index (χ1v) is 7.32. The Morgan fingerprint density at radius 2 is 2.19 bits per heavy atom. The van der Waals surface area contributed by atoms with Crippen LogP contribution in [0.4, 0.5) is 0 Å². The first-order chi connectivity index (χ1) is 10.3. The van der Waals surface area contributed by atoms with E-state index in [2.05, 4.69) is 26.6 Å². The lowest BCUT2D eigenvalue weighted by atomic mass is 9.81. The Labute approximate surface area is 124 Å². The molecular formula is C16H20N4O. The van der Waals surface area contributed by atoms with Gasteiger partial charge < -0.3 is 10.1 Å². The Balaban J connectivity index is 1.93. The maximum atomic E-state index is 5.08. The molecule has 0 spiro atoms. The molecule has 0 aliphatic heterocycles. The first kappa shape index (κ1) is 13.9. The lowest BCUT2D eigenvalue weighted by Crippen LogP contribution is -2.28. The maximum absolute atomic E-state index is 5.08. The number of fused-ring (bicyclic) bond motifs is 1. The van der Waals surface area contributed by atoms with Crippen LogP contribution in [0.15, 0.2) is 30.5 Å². The summed E-state index contributed by atoms with van der Waals surface area (Å²) in [6, 6.07) is 8.15. The molecule has 2 unspecified atom stereocenters. The molecule has 0 saturated carbocycles. The molecule has 110 valence electrons. The number of methoxy groups -OCH3 is 1. The van der Waals surface area contributed by atoms with Crippen LogP contribution < -0.4 is 10.1 Å². The standard InChI is InChI=1S/C16H20N4O/c1-17-16(13-8-9-14(21-2)20-19-13)12-7-3-5-11-6-4-10-18-15(11)12/h4,6,8-10,12,16-17H,3,5,7H2,1-2H3. The first-order valence-electron chi connectivity index (χ1n) is 7.32. The Morgan fingerprint density at radius 1 is 1.29 bits per heavy atom. The molecule has 21 heavy (non-hydrogen) atoms. The molecule has 3 rings (SSSR count). The van der Waals surface area contributed by atoms with Crippen LogP contribution >= 0.6 is 0 Å². The van der Waals surface area contributed by atoms with Gasteiger partial charge in [0.25, 0.3) is 0 Å². The summed E-state index contributed by atoms with van der Waals surface area (Å²) in [5, 5.41) is 11.8. The Hall–Kier alpha value is -2.01. The van der Waals surface area contributed by atoms with Crippen LogP contribution in [-0.2, 0) is 6.42 Å². The topological polar surface area (TPSA) is 59.9 Å². The summed E-state index contributed by atoms with van der Waals surface area (Å²) in [6.45, 7) is 0. The van der Waals surface area contributed by atoms with E-state index in [0.29, 0.717) is 11.8 Å². The van der Waals surface area contributed by atoms with E-state index in [1.165, 1.54) is 17.7 Å². The van der Waals surface area contributed by atoms with E-state index in [1.807, 2.05) is 31.4 Å². The number of likely N-dealkylation sites (N-methyl/N-ethyl adjacent to an activating group) is 1. The minimum absolute atomic E-state index is 0.123. The third-order valence-corrected chi connectivity index (χ3v) is 4.14. The monoisotopic (exact) mass is 284 g/mol. The van der Waals surface area contributed by atoms with Gasteiger partial charge in [0.05, 0.1) is 18.8 Å². The van der Waals surface area contributed by atoms with Crippen molar-refractivity contribution < 1.29 is 4.74 Å². The number of ether oxygens (including phenoxy) is 1. The molecule has 2 aromatic heterocycles. The van der Waals surface area contributed by atoms with E-state index >= 15 is 0 Å². The fraction of sp³-hybridized carbons (Fsp3) is 0.438. The fourth-order valence-corrected chi connectivity index (χ4v) is 3.13. The van der Waals surface area contributed by atoms with E-state index in [-0.39, 0.29) is 6.04 Å². The number of nitrogens with one attached hydrogen (secondary N) is 1. The van der Waals surface area contributed by atoms with Gasteiger partial charge in [-0.25, -0.2) is 0 Å². The van der Waals surface area contributed by atoms with Crippen molar-refractivity contribution in [3.8, 4) is 5.88 Å². The summed E-state index contributed by atoms with van der Waals surface area (Å²) < 4.78 is 5.08. The van der Waals surface area contributed by atoms with Crippen LogP contribution in [0, 0.1) is 0 Å². The highest BCUT2D eigenvalue weighted by Crippen LogP contribution is 2.38. The minimum Gasteiger partial charge on any atom is -0.480 e. The van der Waals surface area contributed by atoms with Crippen molar-refractivity contribution in [1.82, 2.24) is 20.5 Å². The molecule has 2 heterocycles. The van der Waals surface area contributed by atoms with Crippen LogP contribution in [0.5, 0.6) is 5.88 Å². The van der Waals surface area contributed by atoms with Crippen LogP contribution in [0.3, 0.4) is 0 Å². The Morgan fingerprint density at radius 3 is 2.90 bits per heavy atom. The highest BCUT2D eigenvalue weighted by molar-refractivity contribution is 5.29. The Bertz CT molecular complexity index is 599. The molecule has 5 heteroatoms.